The third-order valence-corrected chi connectivity index (χ3v) is 5.81. The molecule has 136 valence electrons. The van der Waals surface area contributed by atoms with Crippen LogP contribution in [-0.2, 0) is 11.2 Å². The van der Waals surface area contributed by atoms with Crippen molar-refractivity contribution < 1.29 is 9.59 Å². The van der Waals surface area contributed by atoms with E-state index in [4.69, 9.17) is 0 Å². The second-order valence-corrected chi connectivity index (χ2v) is 8.02. The monoisotopic (exact) mass is 361 g/mol. The number of anilines is 1. The van der Waals surface area contributed by atoms with Crippen LogP contribution < -0.4 is 10.6 Å². The molecule has 5 nitrogen and oxygen atoms in total. The molecule has 2 aliphatic rings. The van der Waals surface area contributed by atoms with Gasteiger partial charge in [0.15, 0.2) is 0 Å². The molecule has 0 radical (unpaired) electrons. The van der Waals surface area contributed by atoms with Gasteiger partial charge in [-0.3, -0.25) is 4.79 Å². The molecular formula is C19H27N3O2S. The number of nitrogens with one attached hydrogen (secondary N) is 2. The minimum Gasteiger partial charge on any atom is -0.341 e. The summed E-state index contributed by atoms with van der Waals surface area (Å²) >= 11 is 1.90. The summed E-state index contributed by atoms with van der Waals surface area (Å²) in [6.45, 7) is 1.70. The van der Waals surface area contributed by atoms with Gasteiger partial charge >= 0.3 is 6.03 Å². The Hall–Kier alpha value is -1.69. The van der Waals surface area contributed by atoms with Crippen molar-refractivity contribution in [2.24, 2.45) is 0 Å². The number of urea groups is 1. The van der Waals surface area contributed by atoms with E-state index in [0.29, 0.717) is 12.5 Å². The fourth-order valence-corrected chi connectivity index (χ4v) is 4.31. The number of thioether (sulfide) groups is 1. The summed E-state index contributed by atoms with van der Waals surface area (Å²) in [7, 11) is 0. The number of hydrogen-bond donors (Lipinski definition) is 2. The molecule has 2 fully saturated rings. The van der Waals surface area contributed by atoms with Gasteiger partial charge in [-0.15, -0.1) is 0 Å². The number of nitrogens with zero attached hydrogens (tertiary/aromatic N) is 1. The molecule has 1 aromatic rings. The highest BCUT2D eigenvalue weighted by Crippen LogP contribution is 2.18. The van der Waals surface area contributed by atoms with Crippen LogP contribution in [0, 0.1) is 0 Å². The van der Waals surface area contributed by atoms with E-state index in [1.807, 2.05) is 40.9 Å². The molecule has 0 aromatic heterocycles. The first-order valence-corrected chi connectivity index (χ1v) is 10.4. The average molecular weight is 362 g/mol. The Labute approximate surface area is 153 Å². The minimum atomic E-state index is -0.137. The van der Waals surface area contributed by atoms with Crippen LogP contribution in [0.4, 0.5) is 10.5 Å². The topological polar surface area (TPSA) is 61.4 Å². The van der Waals surface area contributed by atoms with E-state index < -0.39 is 0 Å². The van der Waals surface area contributed by atoms with E-state index in [9.17, 15) is 9.59 Å². The summed E-state index contributed by atoms with van der Waals surface area (Å²) in [5.74, 6) is 2.26. The van der Waals surface area contributed by atoms with Crippen molar-refractivity contribution in [1.82, 2.24) is 10.2 Å². The first kappa shape index (κ1) is 18.1. The molecule has 0 spiro atoms. The van der Waals surface area contributed by atoms with E-state index in [1.54, 1.807) is 0 Å². The van der Waals surface area contributed by atoms with Crippen LogP contribution in [0.1, 0.15) is 37.7 Å². The van der Waals surface area contributed by atoms with Crippen LogP contribution in [0.2, 0.25) is 0 Å². The van der Waals surface area contributed by atoms with E-state index in [-0.39, 0.29) is 11.9 Å². The molecule has 1 saturated heterocycles. The molecule has 1 aliphatic heterocycles. The van der Waals surface area contributed by atoms with Gasteiger partial charge in [0.25, 0.3) is 0 Å². The van der Waals surface area contributed by atoms with E-state index >= 15 is 0 Å². The maximum absolute atomic E-state index is 12.3. The zero-order valence-corrected chi connectivity index (χ0v) is 15.4. The van der Waals surface area contributed by atoms with E-state index in [1.165, 1.54) is 19.3 Å². The van der Waals surface area contributed by atoms with Gasteiger partial charge in [-0.1, -0.05) is 31.4 Å². The predicted molar refractivity (Wildman–Crippen MR) is 103 cm³/mol. The fourth-order valence-electron chi connectivity index (χ4n) is 3.40. The molecule has 0 unspecified atom stereocenters. The summed E-state index contributed by atoms with van der Waals surface area (Å²) in [5.41, 5.74) is 1.75. The number of amides is 3. The third-order valence-electron chi connectivity index (χ3n) is 4.87. The Bertz CT molecular complexity index is 579. The summed E-state index contributed by atoms with van der Waals surface area (Å²) in [6, 6.07) is 7.75. The van der Waals surface area contributed by atoms with Crippen LogP contribution >= 0.6 is 11.8 Å². The summed E-state index contributed by atoms with van der Waals surface area (Å²) in [5, 5.41) is 5.93. The molecular weight excluding hydrogens is 334 g/mol. The lowest BCUT2D eigenvalue weighted by Crippen LogP contribution is -2.39. The van der Waals surface area contributed by atoms with Crippen molar-refractivity contribution in [3.8, 4) is 0 Å². The number of carbonyl (C=O) groups excluding carboxylic acids is 2. The molecule has 1 saturated carbocycles. The van der Waals surface area contributed by atoms with Gasteiger partial charge in [0.05, 0.1) is 6.42 Å². The van der Waals surface area contributed by atoms with Gasteiger partial charge in [-0.25, -0.2) is 4.79 Å². The van der Waals surface area contributed by atoms with Crippen LogP contribution in [0.15, 0.2) is 24.3 Å². The molecule has 3 rings (SSSR count). The molecule has 1 heterocycles. The van der Waals surface area contributed by atoms with Crippen molar-refractivity contribution in [1.29, 1.82) is 0 Å². The van der Waals surface area contributed by atoms with Crippen molar-refractivity contribution in [3.63, 3.8) is 0 Å². The normalized spacial score (nSPS) is 18.6. The Morgan fingerprint density at radius 2 is 1.72 bits per heavy atom. The molecule has 6 heteroatoms. The molecule has 0 bridgehead atoms. The lowest BCUT2D eigenvalue weighted by Gasteiger charge is -2.26. The number of carbonyl (C=O) groups is 2. The van der Waals surface area contributed by atoms with Gasteiger partial charge in [0.1, 0.15) is 0 Å². The Morgan fingerprint density at radius 3 is 2.40 bits per heavy atom. The Kier molecular flexibility index (Phi) is 6.62. The zero-order valence-electron chi connectivity index (χ0n) is 14.6. The second kappa shape index (κ2) is 9.13. The van der Waals surface area contributed by atoms with Crippen molar-refractivity contribution in [2.45, 2.75) is 44.6 Å². The summed E-state index contributed by atoms with van der Waals surface area (Å²) in [4.78, 5) is 26.3. The maximum atomic E-state index is 12.3. The second-order valence-electron chi connectivity index (χ2n) is 6.80. The molecule has 0 atom stereocenters. The Balaban J connectivity index is 1.46. The highest BCUT2D eigenvalue weighted by Gasteiger charge is 2.17. The number of hydrogen-bond acceptors (Lipinski definition) is 3. The molecule has 2 N–H and O–H groups in total. The standard InChI is InChI=1S/C19H27N3O2S/c23-18(22-10-12-25-13-11-22)14-15-6-8-17(9-7-15)21-19(24)20-16-4-2-1-3-5-16/h6-9,16H,1-5,10-14H2,(H2,20,21,24). The van der Waals surface area contributed by atoms with Crippen LogP contribution in [0.3, 0.4) is 0 Å². The molecule has 1 aromatic carbocycles. The third kappa shape index (κ3) is 5.66. The maximum Gasteiger partial charge on any atom is 0.319 e. The lowest BCUT2D eigenvalue weighted by molar-refractivity contribution is -0.130. The molecule has 3 amide bonds. The van der Waals surface area contributed by atoms with Gasteiger partial charge in [0.2, 0.25) is 5.91 Å². The van der Waals surface area contributed by atoms with Crippen LogP contribution in [0.5, 0.6) is 0 Å². The number of benzene rings is 1. The highest BCUT2D eigenvalue weighted by molar-refractivity contribution is 7.99. The Morgan fingerprint density at radius 1 is 1.04 bits per heavy atom. The first-order chi connectivity index (χ1) is 12.2. The van der Waals surface area contributed by atoms with Crippen LogP contribution in [-0.4, -0.2) is 47.5 Å². The number of rotatable bonds is 4. The molecule has 1 aliphatic carbocycles. The van der Waals surface area contributed by atoms with Crippen molar-refractivity contribution in [3.05, 3.63) is 29.8 Å². The lowest BCUT2D eigenvalue weighted by atomic mass is 9.96. The summed E-state index contributed by atoms with van der Waals surface area (Å²) < 4.78 is 0. The van der Waals surface area contributed by atoms with E-state index in [2.05, 4.69) is 10.6 Å². The quantitative estimate of drug-likeness (QED) is 0.865. The average Bonchev–Trinajstić information content (AvgIpc) is 2.65. The molecule has 25 heavy (non-hydrogen) atoms. The fraction of sp³-hybridized carbons (Fsp3) is 0.579. The highest BCUT2D eigenvalue weighted by atomic mass is 32.2. The van der Waals surface area contributed by atoms with Gasteiger partial charge < -0.3 is 15.5 Å². The van der Waals surface area contributed by atoms with Crippen LogP contribution in [0.25, 0.3) is 0 Å². The van der Waals surface area contributed by atoms with Crippen molar-refractivity contribution >= 4 is 29.4 Å². The van der Waals surface area contributed by atoms with Crippen molar-refractivity contribution in [2.75, 3.05) is 29.9 Å². The van der Waals surface area contributed by atoms with Gasteiger partial charge in [0, 0.05) is 36.3 Å². The first-order valence-electron chi connectivity index (χ1n) is 9.23. The largest absolute Gasteiger partial charge is 0.341 e. The van der Waals surface area contributed by atoms with Gasteiger partial charge in [-0.05, 0) is 30.5 Å². The predicted octanol–water partition coefficient (Wildman–Crippen LogP) is 3.26. The van der Waals surface area contributed by atoms with E-state index in [0.717, 1.165) is 48.7 Å². The van der Waals surface area contributed by atoms with Gasteiger partial charge in [-0.2, -0.15) is 11.8 Å². The smallest absolute Gasteiger partial charge is 0.319 e. The SMILES string of the molecule is O=C(Nc1ccc(CC(=O)N2CCSCC2)cc1)NC1CCCCC1. The minimum absolute atomic E-state index is 0.137. The zero-order chi connectivity index (χ0) is 17.5. The summed E-state index contributed by atoms with van der Waals surface area (Å²) in [6.07, 6.45) is 6.25.